The van der Waals surface area contributed by atoms with Crippen LogP contribution < -0.4 is 5.32 Å². The minimum Gasteiger partial charge on any atom is -0.478 e. The molecule has 0 heterocycles. The summed E-state index contributed by atoms with van der Waals surface area (Å²) in [6.45, 7) is 2.22. The van der Waals surface area contributed by atoms with Crippen LogP contribution in [0.2, 0.25) is 0 Å². The molecule has 1 saturated carbocycles. The molecule has 1 aliphatic carbocycles. The Kier molecular flexibility index (Phi) is 4.77. The molecule has 2 N–H and O–H groups in total. The van der Waals surface area contributed by atoms with Gasteiger partial charge in [-0.25, -0.2) is 4.79 Å². The molecule has 108 valence electrons. The summed E-state index contributed by atoms with van der Waals surface area (Å²) in [5, 5.41) is 12.0. The van der Waals surface area contributed by atoms with Crippen molar-refractivity contribution < 1.29 is 14.7 Å². The molecule has 4 nitrogen and oxygen atoms in total. The number of benzene rings is 1. The molecule has 1 aromatic carbocycles. The van der Waals surface area contributed by atoms with E-state index in [0.29, 0.717) is 5.92 Å². The SMILES string of the molecule is CC1CCCC(NC(=O)Cc2cccc(C(=O)O)c2)C1. The number of carboxylic acids is 1. The van der Waals surface area contributed by atoms with Crippen LogP contribution in [0.3, 0.4) is 0 Å². The molecule has 0 spiro atoms. The Labute approximate surface area is 119 Å². The van der Waals surface area contributed by atoms with Gasteiger partial charge in [-0.3, -0.25) is 4.79 Å². The molecule has 2 unspecified atom stereocenters. The number of hydrogen-bond donors (Lipinski definition) is 2. The van der Waals surface area contributed by atoms with Gasteiger partial charge in [0, 0.05) is 6.04 Å². The fourth-order valence-electron chi connectivity index (χ4n) is 2.84. The maximum Gasteiger partial charge on any atom is 0.335 e. The van der Waals surface area contributed by atoms with Crippen LogP contribution in [0.4, 0.5) is 0 Å². The van der Waals surface area contributed by atoms with Crippen molar-refractivity contribution in [2.24, 2.45) is 5.92 Å². The van der Waals surface area contributed by atoms with Gasteiger partial charge in [0.25, 0.3) is 0 Å². The highest BCUT2D eigenvalue weighted by Gasteiger charge is 2.20. The van der Waals surface area contributed by atoms with E-state index in [4.69, 9.17) is 5.11 Å². The Hall–Kier alpha value is -1.84. The van der Waals surface area contributed by atoms with E-state index in [1.54, 1.807) is 18.2 Å². The number of amides is 1. The number of rotatable bonds is 4. The molecule has 20 heavy (non-hydrogen) atoms. The van der Waals surface area contributed by atoms with E-state index in [-0.39, 0.29) is 23.9 Å². The minimum absolute atomic E-state index is 0.0216. The van der Waals surface area contributed by atoms with Crippen LogP contribution in [0, 0.1) is 5.92 Å². The van der Waals surface area contributed by atoms with Crippen LogP contribution in [0.15, 0.2) is 24.3 Å². The van der Waals surface area contributed by atoms with Crippen molar-refractivity contribution in [2.45, 2.75) is 45.1 Å². The van der Waals surface area contributed by atoms with Gasteiger partial charge in [-0.2, -0.15) is 0 Å². The molecular weight excluding hydrogens is 254 g/mol. The summed E-state index contributed by atoms with van der Waals surface area (Å²) in [6.07, 6.45) is 4.74. The van der Waals surface area contributed by atoms with Gasteiger partial charge in [-0.1, -0.05) is 31.9 Å². The molecule has 1 fully saturated rings. The molecule has 1 aliphatic rings. The second-order valence-electron chi connectivity index (χ2n) is 5.72. The third-order valence-corrected chi connectivity index (χ3v) is 3.84. The van der Waals surface area contributed by atoms with Gasteiger partial charge in [0.05, 0.1) is 12.0 Å². The molecule has 0 bridgehead atoms. The average Bonchev–Trinajstić information content (AvgIpc) is 2.38. The lowest BCUT2D eigenvalue weighted by atomic mass is 9.87. The summed E-state index contributed by atoms with van der Waals surface area (Å²) in [5.74, 6) is -0.315. The Balaban J connectivity index is 1.91. The van der Waals surface area contributed by atoms with E-state index in [2.05, 4.69) is 12.2 Å². The smallest absolute Gasteiger partial charge is 0.335 e. The van der Waals surface area contributed by atoms with Gasteiger partial charge in [-0.05, 0) is 36.5 Å². The van der Waals surface area contributed by atoms with E-state index in [9.17, 15) is 9.59 Å². The summed E-state index contributed by atoms with van der Waals surface area (Å²) in [6, 6.07) is 6.83. The number of hydrogen-bond acceptors (Lipinski definition) is 2. The Morgan fingerprint density at radius 3 is 2.85 bits per heavy atom. The zero-order valence-electron chi connectivity index (χ0n) is 11.8. The monoisotopic (exact) mass is 275 g/mol. The second kappa shape index (κ2) is 6.55. The van der Waals surface area contributed by atoms with Crippen molar-refractivity contribution in [3.63, 3.8) is 0 Å². The topological polar surface area (TPSA) is 66.4 Å². The van der Waals surface area contributed by atoms with E-state index in [0.717, 1.165) is 18.4 Å². The zero-order chi connectivity index (χ0) is 14.5. The lowest BCUT2D eigenvalue weighted by Crippen LogP contribution is -2.38. The molecule has 0 aromatic heterocycles. The van der Waals surface area contributed by atoms with Crippen LogP contribution in [0.25, 0.3) is 0 Å². The van der Waals surface area contributed by atoms with Gasteiger partial charge >= 0.3 is 5.97 Å². The van der Waals surface area contributed by atoms with Crippen molar-refractivity contribution in [1.29, 1.82) is 0 Å². The lowest BCUT2D eigenvalue weighted by Gasteiger charge is -2.27. The standard InChI is InChI=1S/C16H21NO3/c1-11-4-2-7-14(8-11)17-15(18)10-12-5-3-6-13(9-12)16(19)20/h3,5-6,9,11,14H,2,4,7-8,10H2,1H3,(H,17,18)(H,19,20). The Bertz CT molecular complexity index is 498. The highest BCUT2D eigenvalue weighted by molar-refractivity contribution is 5.88. The fraction of sp³-hybridized carbons (Fsp3) is 0.500. The predicted molar refractivity (Wildman–Crippen MR) is 76.7 cm³/mol. The van der Waals surface area contributed by atoms with Crippen molar-refractivity contribution in [3.05, 3.63) is 35.4 Å². The molecule has 0 saturated heterocycles. The average molecular weight is 275 g/mol. The van der Waals surface area contributed by atoms with Crippen molar-refractivity contribution in [2.75, 3.05) is 0 Å². The Morgan fingerprint density at radius 2 is 2.15 bits per heavy atom. The summed E-state index contributed by atoms with van der Waals surface area (Å²) < 4.78 is 0. The number of aromatic carboxylic acids is 1. The van der Waals surface area contributed by atoms with Crippen LogP contribution in [-0.2, 0) is 11.2 Å². The minimum atomic E-state index is -0.964. The van der Waals surface area contributed by atoms with Crippen molar-refractivity contribution in [3.8, 4) is 0 Å². The highest BCUT2D eigenvalue weighted by atomic mass is 16.4. The van der Waals surface area contributed by atoms with Gasteiger partial charge in [0.1, 0.15) is 0 Å². The molecule has 1 aromatic rings. The quantitative estimate of drug-likeness (QED) is 0.887. The molecule has 4 heteroatoms. The van der Waals surface area contributed by atoms with Crippen LogP contribution >= 0.6 is 0 Å². The van der Waals surface area contributed by atoms with E-state index in [1.807, 2.05) is 0 Å². The first-order valence-corrected chi connectivity index (χ1v) is 7.16. The largest absolute Gasteiger partial charge is 0.478 e. The predicted octanol–water partition coefficient (Wildman–Crippen LogP) is 2.62. The van der Waals surface area contributed by atoms with E-state index >= 15 is 0 Å². The fourth-order valence-corrected chi connectivity index (χ4v) is 2.84. The van der Waals surface area contributed by atoms with Gasteiger partial charge in [0.2, 0.25) is 5.91 Å². The van der Waals surface area contributed by atoms with E-state index in [1.165, 1.54) is 18.9 Å². The first-order chi connectivity index (χ1) is 9.54. The van der Waals surface area contributed by atoms with E-state index < -0.39 is 5.97 Å². The van der Waals surface area contributed by atoms with Crippen molar-refractivity contribution in [1.82, 2.24) is 5.32 Å². The molecule has 1 amide bonds. The maximum atomic E-state index is 12.0. The second-order valence-corrected chi connectivity index (χ2v) is 5.72. The summed E-state index contributed by atoms with van der Waals surface area (Å²) in [4.78, 5) is 22.9. The van der Waals surface area contributed by atoms with Crippen molar-refractivity contribution >= 4 is 11.9 Å². The zero-order valence-corrected chi connectivity index (χ0v) is 11.8. The first kappa shape index (κ1) is 14.6. The number of carbonyl (C=O) groups is 2. The highest BCUT2D eigenvalue weighted by Crippen LogP contribution is 2.23. The third-order valence-electron chi connectivity index (χ3n) is 3.84. The van der Waals surface area contributed by atoms with Gasteiger partial charge in [-0.15, -0.1) is 0 Å². The summed E-state index contributed by atoms with van der Waals surface area (Å²) in [7, 11) is 0. The maximum absolute atomic E-state index is 12.0. The molecule has 2 rings (SSSR count). The summed E-state index contributed by atoms with van der Waals surface area (Å²) in [5.41, 5.74) is 0.966. The molecule has 2 atom stereocenters. The third kappa shape index (κ3) is 4.08. The van der Waals surface area contributed by atoms with Gasteiger partial charge < -0.3 is 10.4 Å². The normalized spacial score (nSPS) is 22.2. The lowest BCUT2D eigenvalue weighted by molar-refractivity contribution is -0.121. The number of carbonyl (C=O) groups excluding carboxylic acids is 1. The van der Waals surface area contributed by atoms with Gasteiger partial charge in [0.15, 0.2) is 0 Å². The Morgan fingerprint density at radius 1 is 1.35 bits per heavy atom. The van der Waals surface area contributed by atoms with Crippen LogP contribution in [0.1, 0.15) is 48.5 Å². The van der Waals surface area contributed by atoms with Crippen LogP contribution in [0.5, 0.6) is 0 Å². The number of nitrogens with one attached hydrogen (secondary N) is 1. The first-order valence-electron chi connectivity index (χ1n) is 7.16. The molecule has 0 aliphatic heterocycles. The molecule has 0 radical (unpaired) electrons. The molecular formula is C16H21NO3. The van der Waals surface area contributed by atoms with Crippen LogP contribution in [-0.4, -0.2) is 23.0 Å². The summed E-state index contributed by atoms with van der Waals surface area (Å²) >= 11 is 0. The number of carboxylic acid groups (broad SMARTS) is 1.